The number of hydrogen-bond acceptors (Lipinski definition) is 3. The number of rotatable bonds is 4. The van der Waals surface area contributed by atoms with E-state index in [4.69, 9.17) is 4.74 Å². The average molecular weight is 354 g/mol. The lowest BCUT2D eigenvalue weighted by Gasteiger charge is -2.11. The van der Waals surface area contributed by atoms with Crippen LogP contribution in [0.15, 0.2) is 42.6 Å². The molecule has 4 heteroatoms. The van der Waals surface area contributed by atoms with Gasteiger partial charge in [0.25, 0.3) is 0 Å². The fourth-order valence-corrected chi connectivity index (χ4v) is 2.01. The molecule has 18 heavy (non-hydrogen) atoms. The van der Waals surface area contributed by atoms with Crippen molar-refractivity contribution in [1.29, 1.82) is 0 Å². The number of halogens is 1. The number of pyridine rings is 1. The number of ether oxygens (including phenoxy) is 1. The molecular formula is C14H15IN2O. The van der Waals surface area contributed by atoms with Crippen LogP contribution in [0, 0.1) is 3.57 Å². The Kier molecular flexibility index (Phi) is 4.54. The van der Waals surface area contributed by atoms with Gasteiger partial charge in [0.1, 0.15) is 11.5 Å². The fraction of sp³-hybridized carbons (Fsp3) is 0.214. The van der Waals surface area contributed by atoms with Crippen LogP contribution in [0.3, 0.4) is 0 Å². The van der Waals surface area contributed by atoms with Crippen molar-refractivity contribution in [2.24, 2.45) is 0 Å². The van der Waals surface area contributed by atoms with Crippen LogP contribution >= 0.6 is 22.6 Å². The summed E-state index contributed by atoms with van der Waals surface area (Å²) in [6.45, 7) is 2.07. The molecule has 0 aliphatic rings. The maximum Gasteiger partial charge on any atom is 0.145 e. The van der Waals surface area contributed by atoms with Crippen LogP contribution in [0.4, 0.5) is 0 Å². The van der Waals surface area contributed by atoms with Gasteiger partial charge in [0.05, 0.1) is 15.5 Å². The molecule has 1 heterocycles. The Morgan fingerprint density at radius 2 is 2.00 bits per heavy atom. The van der Waals surface area contributed by atoms with Gasteiger partial charge in [-0.25, -0.2) is 0 Å². The smallest absolute Gasteiger partial charge is 0.145 e. The zero-order chi connectivity index (χ0) is 13.0. The van der Waals surface area contributed by atoms with E-state index in [1.54, 1.807) is 6.20 Å². The Hall–Kier alpha value is -1.14. The Bertz CT molecular complexity index is 513. The number of nitrogens with one attached hydrogen (secondary N) is 1. The third kappa shape index (κ3) is 3.20. The summed E-state index contributed by atoms with van der Waals surface area (Å²) in [6.07, 6.45) is 1.76. The van der Waals surface area contributed by atoms with Crippen LogP contribution in [0.2, 0.25) is 0 Å². The highest BCUT2D eigenvalue weighted by Gasteiger charge is 2.05. The van der Waals surface area contributed by atoms with Crippen molar-refractivity contribution in [2.75, 3.05) is 7.05 Å². The summed E-state index contributed by atoms with van der Waals surface area (Å²) < 4.78 is 6.87. The fourth-order valence-electron chi connectivity index (χ4n) is 1.51. The summed E-state index contributed by atoms with van der Waals surface area (Å²) in [6, 6.07) is 12.1. The largest absolute Gasteiger partial charge is 0.455 e. The molecule has 3 nitrogen and oxygen atoms in total. The predicted octanol–water partition coefficient (Wildman–Crippen LogP) is 3.76. The molecule has 1 aromatic carbocycles. The second kappa shape index (κ2) is 6.15. The zero-order valence-corrected chi connectivity index (χ0v) is 12.5. The lowest BCUT2D eigenvalue weighted by Crippen LogP contribution is -2.13. The van der Waals surface area contributed by atoms with Gasteiger partial charge in [0.2, 0.25) is 0 Å². The van der Waals surface area contributed by atoms with E-state index < -0.39 is 0 Å². The Morgan fingerprint density at radius 3 is 2.61 bits per heavy atom. The van der Waals surface area contributed by atoms with Gasteiger partial charge in [-0.1, -0.05) is 12.1 Å². The minimum absolute atomic E-state index is 0.246. The standard InChI is InChI=1S/C14H15IN2O/c1-10(16-2)13-8-7-11(9-17-13)18-14-6-4-3-5-12(14)15/h3-10,16H,1-2H3. The highest BCUT2D eigenvalue weighted by atomic mass is 127. The zero-order valence-electron chi connectivity index (χ0n) is 10.4. The monoisotopic (exact) mass is 354 g/mol. The molecule has 2 rings (SSSR count). The minimum Gasteiger partial charge on any atom is -0.455 e. The molecular weight excluding hydrogens is 339 g/mol. The van der Waals surface area contributed by atoms with Crippen molar-refractivity contribution in [2.45, 2.75) is 13.0 Å². The van der Waals surface area contributed by atoms with Gasteiger partial charge in [0.15, 0.2) is 0 Å². The number of hydrogen-bond donors (Lipinski definition) is 1. The van der Waals surface area contributed by atoms with Crippen molar-refractivity contribution in [3.63, 3.8) is 0 Å². The van der Waals surface area contributed by atoms with E-state index >= 15 is 0 Å². The van der Waals surface area contributed by atoms with Crippen molar-refractivity contribution >= 4 is 22.6 Å². The van der Waals surface area contributed by atoms with Crippen molar-refractivity contribution < 1.29 is 4.74 Å². The Morgan fingerprint density at radius 1 is 1.22 bits per heavy atom. The van der Waals surface area contributed by atoms with Crippen molar-refractivity contribution in [3.05, 3.63) is 51.9 Å². The summed E-state index contributed by atoms with van der Waals surface area (Å²) in [7, 11) is 1.92. The van der Waals surface area contributed by atoms with Crippen molar-refractivity contribution in [3.8, 4) is 11.5 Å². The van der Waals surface area contributed by atoms with E-state index in [1.165, 1.54) is 0 Å². The van der Waals surface area contributed by atoms with Gasteiger partial charge in [-0.3, -0.25) is 4.98 Å². The van der Waals surface area contributed by atoms with E-state index in [0.29, 0.717) is 0 Å². The second-order valence-corrected chi connectivity index (χ2v) is 5.12. The highest BCUT2D eigenvalue weighted by molar-refractivity contribution is 14.1. The number of benzene rings is 1. The van der Waals surface area contributed by atoms with Gasteiger partial charge in [-0.2, -0.15) is 0 Å². The van der Waals surface area contributed by atoms with Crippen LogP contribution < -0.4 is 10.1 Å². The molecule has 0 amide bonds. The summed E-state index contributed by atoms with van der Waals surface area (Å²) in [4.78, 5) is 4.39. The molecule has 1 N–H and O–H groups in total. The molecule has 0 fully saturated rings. The summed E-state index contributed by atoms with van der Waals surface area (Å²) >= 11 is 2.26. The molecule has 0 bridgehead atoms. The Labute approximate surface area is 121 Å². The third-order valence-corrected chi connectivity index (χ3v) is 3.59. The van der Waals surface area contributed by atoms with Gasteiger partial charge in [0, 0.05) is 6.04 Å². The lowest BCUT2D eigenvalue weighted by atomic mass is 10.2. The lowest BCUT2D eigenvalue weighted by molar-refractivity contribution is 0.475. The summed E-state index contributed by atoms with van der Waals surface area (Å²) in [5.74, 6) is 1.61. The molecule has 0 aliphatic heterocycles. The van der Waals surface area contributed by atoms with E-state index in [0.717, 1.165) is 20.8 Å². The molecule has 0 saturated carbocycles. The van der Waals surface area contributed by atoms with Crippen LogP contribution in [0.5, 0.6) is 11.5 Å². The van der Waals surface area contributed by atoms with Crippen LogP contribution in [0.1, 0.15) is 18.7 Å². The number of aromatic nitrogens is 1. The molecule has 94 valence electrons. The molecule has 0 spiro atoms. The van der Waals surface area contributed by atoms with Gasteiger partial charge in [-0.05, 0) is 60.8 Å². The normalized spacial score (nSPS) is 12.2. The van der Waals surface area contributed by atoms with E-state index in [1.807, 2.05) is 43.4 Å². The van der Waals surface area contributed by atoms with E-state index in [-0.39, 0.29) is 6.04 Å². The summed E-state index contributed by atoms with van der Waals surface area (Å²) in [5.41, 5.74) is 1.01. The molecule has 0 saturated heterocycles. The average Bonchev–Trinajstić information content (AvgIpc) is 2.41. The third-order valence-electron chi connectivity index (χ3n) is 2.70. The molecule has 1 aromatic heterocycles. The Balaban J connectivity index is 2.14. The topological polar surface area (TPSA) is 34.1 Å². The van der Waals surface area contributed by atoms with Crippen LogP contribution in [0.25, 0.3) is 0 Å². The highest BCUT2D eigenvalue weighted by Crippen LogP contribution is 2.26. The van der Waals surface area contributed by atoms with Gasteiger partial charge < -0.3 is 10.1 Å². The van der Waals surface area contributed by atoms with Gasteiger partial charge >= 0.3 is 0 Å². The first-order chi connectivity index (χ1) is 8.70. The van der Waals surface area contributed by atoms with E-state index in [9.17, 15) is 0 Å². The first kappa shape index (κ1) is 13.3. The number of para-hydroxylation sites is 1. The van der Waals surface area contributed by atoms with Crippen molar-refractivity contribution in [1.82, 2.24) is 10.3 Å². The summed E-state index contributed by atoms with van der Waals surface area (Å²) in [5, 5.41) is 3.15. The maximum atomic E-state index is 5.79. The molecule has 1 unspecified atom stereocenters. The maximum absolute atomic E-state index is 5.79. The molecule has 2 aromatic rings. The first-order valence-corrected chi connectivity index (χ1v) is 6.84. The SMILES string of the molecule is CNC(C)c1ccc(Oc2ccccc2I)cn1. The predicted molar refractivity (Wildman–Crippen MR) is 80.9 cm³/mol. The molecule has 0 radical (unpaired) electrons. The minimum atomic E-state index is 0.246. The van der Waals surface area contributed by atoms with Crippen LogP contribution in [-0.2, 0) is 0 Å². The second-order valence-electron chi connectivity index (χ2n) is 3.96. The number of nitrogens with zero attached hydrogens (tertiary/aromatic N) is 1. The molecule has 1 atom stereocenters. The quantitative estimate of drug-likeness (QED) is 0.849. The van der Waals surface area contributed by atoms with Gasteiger partial charge in [-0.15, -0.1) is 0 Å². The van der Waals surface area contributed by atoms with E-state index in [2.05, 4.69) is 39.8 Å². The first-order valence-electron chi connectivity index (χ1n) is 5.76. The van der Waals surface area contributed by atoms with Crippen LogP contribution in [-0.4, -0.2) is 12.0 Å². The molecule has 0 aliphatic carbocycles.